The summed E-state index contributed by atoms with van der Waals surface area (Å²) >= 11 is 0. The number of carboxylic acid groups (broad SMARTS) is 1. The van der Waals surface area contributed by atoms with Crippen LogP contribution in [0.3, 0.4) is 0 Å². The van der Waals surface area contributed by atoms with Gasteiger partial charge in [0.25, 0.3) is 0 Å². The van der Waals surface area contributed by atoms with E-state index in [2.05, 4.69) is 0 Å². The maximum atomic E-state index is 10.2. The quantitative estimate of drug-likeness (QED) is 0.146. The highest BCUT2D eigenvalue weighted by atomic mass is 16.4. The van der Waals surface area contributed by atoms with Gasteiger partial charge in [0.2, 0.25) is 0 Å². The van der Waals surface area contributed by atoms with E-state index < -0.39 is 31.3 Å². The lowest BCUT2D eigenvalue weighted by atomic mass is 10.0. The van der Waals surface area contributed by atoms with Gasteiger partial charge in [-0.15, -0.1) is 0 Å². The van der Waals surface area contributed by atoms with E-state index in [0.717, 1.165) is 0 Å². The molecule has 0 bridgehead atoms. The van der Waals surface area contributed by atoms with Crippen LogP contribution in [-0.4, -0.2) is 141 Å². The highest BCUT2D eigenvalue weighted by Crippen LogP contribution is 2.13. The van der Waals surface area contributed by atoms with E-state index in [0.29, 0.717) is 0 Å². The summed E-state index contributed by atoms with van der Waals surface area (Å²) < 4.78 is 0. The minimum absolute atomic E-state index is 0.0900. The molecule has 0 saturated carbocycles. The van der Waals surface area contributed by atoms with Crippen molar-refractivity contribution in [3.8, 4) is 0 Å². The minimum atomic E-state index is -1.18. The summed E-state index contributed by atoms with van der Waals surface area (Å²) in [4.78, 5) is 13.1. The predicted molar refractivity (Wildman–Crippen MR) is 88.0 cm³/mol. The van der Waals surface area contributed by atoms with E-state index in [9.17, 15) is 4.79 Å². The third-order valence-corrected chi connectivity index (χ3v) is 3.48. The van der Waals surface area contributed by atoms with Crippen molar-refractivity contribution < 1.29 is 45.6 Å². The number of aliphatic hydroxyl groups is 7. The Labute approximate surface area is 147 Å². The van der Waals surface area contributed by atoms with Gasteiger partial charge < -0.3 is 40.9 Å². The molecule has 0 amide bonds. The number of β-amino-alcohol motifs (C(OH)–C–C–N with tert-alkyl or cyclic N) is 2. The molecular weight excluding hydrogens is 340 g/mol. The lowest BCUT2D eigenvalue weighted by Gasteiger charge is -2.39. The molecule has 0 unspecified atom stereocenters. The number of rotatable bonds is 14. The van der Waals surface area contributed by atoms with E-state index in [1.54, 1.807) is 0 Å². The van der Waals surface area contributed by atoms with Crippen molar-refractivity contribution in [2.45, 2.75) is 5.54 Å². The standard InChI is InChI=1S/C8H19NO5.C6H13NO4/c10-3-1-9(2-4-11)8(5-12,6-13)7-14;8-3-1-7(2-4-9)5-6(10)11/h10-14H,1-7H2;8-9H,1-5H2,(H,10,11). The van der Waals surface area contributed by atoms with E-state index in [1.807, 2.05) is 0 Å². The second-order valence-corrected chi connectivity index (χ2v) is 5.25. The zero-order valence-electron chi connectivity index (χ0n) is 14.4. The molecule has 0 saturated heterocycles. The SMILES string of the molecule is O=C(O)CN(CCO)CCO.OCCN(CCO)C(CO)(CO)CO. The van der Waals surface area contributed by atoms with E-state index in [4.69, 9.17) is 40.9 Å². The monoisotopic (exact) mass is 372 g/mol. The molecule has 0 aromatic heterocycles. The van der Waals surface area contributed by atoms with Crippen molar-refractivity contribution in [1.29, 1.82) is 0 Å². The van der Waals surface area contributed by atoms with Gasteiger partial charge in [0.1, 0.15) is 0 Å². The van der Waals surface area contributed by atoms with Crippen molar-refractivity contribution >= 4 is 5.97 Å². The topological polar surface area (TPSA) is 185 Å². The molecule has 0 radical (unpaired) electrons. The molecule has 0 rings (SSSR count). The van der Waals surface area contributed by atoms with Crippen LogP contribution < -0.4 is 0 Å². The van der Waals surface area contributed by atoms with Gasteiger partial charge in [0.15, 0.2) is 0 Å². The number of carbonyl (C=O) groups is 1. The number of aliphatic hydroxyl groups excluding tert-OH is 7. The molecule has 11 nitrogen and oxygen atoms in total. The third kappa shape index (κ3) is 11.4. The lowest BCUT2D eigenvalue weighted by molar-refractivity contribution is -0.138. The van der Waals surface area contributed by atoms with Crippen molar-refractivity contribution in [3.05, 3.63) is 0 Å². The van der Waals surface area contributed by atoms with Crippen LogP contribution >= 0.6 is 0 Å². The van der Waals surface area contributed by atoms with Crippen LogP contribution in [0, 0.1) is 0 Å². The van der Waals surface area contributed by atoms with Gasteiger partial charge in [-0.05, 0) is 0 Å². The molecule has 0 atom stereocenters. The minimum Gasteiger partial charge on any atom is -0.480 e. The van der Waals surface area contributed by atoms with Crippen LogP contribution in [0.15, 0.2) is 0 Å². The van der Waals surface area contributed by atoms with Gasteiger partial charge in [-0.3, -0.25) is 14.6 Å². The molecule has 0 fully saturated rings. The lowest BCUT2D eigenvalue weighted by Crippen LogP contribution is -2.58. The first-order chi connectivity index (χ1) is 11.9. The van der Waals surface area contributed by atoms with Crippen molar-refractivity contribution in [1.82, 2.24) is 9.80 Å². The molecule has 152 valence electrons. The number of nitrogens with zero attached hydrogens (tertiary/aromatic N) is 2. The Morgan fingerprint density at radius 1 is 0.680 bits per heavy atom. The van der Waals surface area contributed by atoms with Crippen LogP contribution in [0.2, 0.25) is 0 Å². The average molecular weight is 372 g/mol. The molecular formula is C14H32N2O9. The largest absolute Gasteiger partial charge is 0.480 e. The first kappa shape index (κ1) is 26.3. The summed E-state index contributed by atoms with van der Waals surface area (Å²) in [6, 6.07) is 0. The first-order valence-electron chi connectivity index (χ1n) is 7.86. The summed E-state index contributed by atoms with van der Waals surface area (Å²) in [5.41, 5.74) is -1.18. The second kappa shape index (κ2) is 16.6. The smallest absolute Gasteiger partial charge is 0.317 e. The Morgan fingerprint density at radius 2 is 1.04 bits per heavy atom. The zero-order chi connectivity index (χ0) is 19.7. The van der Waals surface area contributed by atoms with E-state index >= 15 is 0 Å². The van der Waals surface area contributed by atoms with E-state index in [1.165, 1.54) is 9.80 Å². The summed E-state index contributed by atoms with van der Waals surface area (Å²) in [7, 11) is 0. The molecule has 0 aromatic rings. The fourth-order valence-electron chi connectivity index (χ4n) is 2.02. The van der Waals surface area contributed by atoms with Crippen molar-refractivity contribution in [3.63, 3.8) is 0 Å². The molecule has 0 spiro atoms. The van der Waals surface area contributed by atoms with Crippen LogP contribution in [0.5, 0.6) is 0 Å². The highest BCUT2D eigenvalue weighted by molar-refractivity contribution is 5.69. The Hall–Kier alpha value is -0.890. The molecule has 0 aliphatic rings. The van der Waals surface area contributed by atoms with Gasteiger partial charge >= 0.3 is 5.97 Å². The maximum Gasteiger partial charge on any atom is 0.317 e. The maximum absolute atomic E-state index is 10.2. The predicted octanol–water partition coefficient (Wildman–Crippen LogP) is -4.65. The number of hydrogen-bond acceptors (Lipinski definition) is 10. The number of carboxylic acids is 1. The summed E-state index contributed by atoms with van der Waals surface area (Å²) in [5.74, 6) is -0.952. The van der Waals surface area contributed by atoms with Gasteiger partial charge in [-0.1, -0.05) is 0 Å². The molecule has 0 aliphatic heterocycles. The fraction of sp³-hybridized carbons (Fsp3) is 0.929. The Balaban J connectivity index is 0. The Morgan fingerprint density at radius 3 is 1.28 bits per heavy atom. The second-order valence-electron chi connectivity index (χ2n) is 5.25. The summed E-state index contributed by atoms with van der Waals surface area (Å²) in [5, 5.41) is 70.0. The van der Waals surface area contributed by atoms with E-state index in [-0.39, 0.29) is 59.2 Å². The van der Waals surface area contributed by atoms with Crippen molar-refractivity contribution in [2.24, 2.45) is 0 Å². The summed E-state index contributed by atoms with van der Waals surface area (Å²) in [6.45, 7) is -1.00. The van der Waals surface area contributed by atoms with Crippen LogP contribution in [0.25, 0.3) is 0 Å². The van der Waals surface area contributed by atoms with Crippen LogP contribution in [0.4, 0.5) is 0 Å². The van der Waals surface area contributed by atoms with Gasteiger partial charge in [-0.25, -0.2) is 0 Å². The van der Waals surface area contributed by atoms with Gasteiger partial charge in [0, 0.05) is 26.2 Å². The Kier molecular flexibility index (Phi) is 17.5. The molecule has 0 heterocycles. The normalized spacial score (nSPS) is 11.6. The molecule has 11 heteroatoms. The number of hydrogen-bond donors (Lipinski definition) is 8. The van der Waals surface area contributed by atoms with Crippen LogP contribution in [0.1, 0.15) is 0 Å². The molecule has 0 aromatic carbocycles. The third-order valence-electron chi connectivity index (χ3n) is 3.48. The molecule has 0 aliphatic carbocycles. The number of aliphatic carboxylic acids is 1. The average Bonchev–Trinajstić information content (AvgIpc) is 2.58. The summed E-state index contributed by atoms with van der Waals surface area (Å²) in [6.07, 6.45) is 0. The first-order valence-corrected chi connectivity index (χ1v) is 7.86. The molecule has 8 N–H and O–H groups in total. The van der Waals surface area contributed by atoms with Crippen LogP contribution in [-0.2, 0) is 4.79 Å². The zero-order valence-corrected chi connectivity index (χ0v) is 14.4. The highest BCUT2D eigenvalue weighted by Gasteiger charge is 2.34. The van der Waals surface area contributed by atoms with Crippen molar-refractivity contribution in [2.75, 3.05) is 79.0 Å². The van der Waals surface area contributed by atoms with Gasteiger partial charge in [0.05, 0.1) is 58.3 Å². The fourth-order valence-corrected chi connectivity index (χ4v) is 2.02. The van der Waals surface area contributed by atoms with Gasteiger partial charge in [-0.2, -0.15) is 0 Å². The molecule has 25 heavy (non-hydrogen) atoms. The Bertz CT molecular complexity index is 296.